The number of hydrazine groups is 1. The summed E-state index contributed by atoms with van der Waals surface area (Å²) in [4.78, 5) is 10.0. The molecule has 0 saturated heterocycles. The second-order valence-electron chi connectivity index (χ2n) is 3.29. The third kappa shape index (κ3) is 15.4. The summed E-state index contributed by atoms with van der Waals surface area (Å²) in [7, 11) is 3.75. The number of hydrogen-bond acceptors (Lipinski definition) is 6. The molecule has 96 valence electrons. The number of rotatable bonds is 7. The Hall–Kier alpha value is -1.11. The van der Waals surface area contributed by atoms with Gasteiger partial charge in [0.05, 0.1) is 0 Å². The van der Waals surface area contributed by atoms with Crippen LogP contribution in [0, 0.1) is 0 Å². The van der Waals surface area contributed by atoms with Crippen LogP contribution >= 0.6 is 0 Å². The van der Waals surface area contributed by atoms with E-state index in [9.17, 15) is 4.79 Å². The molecule has 7 N–H and O–H groups in total. The third-order valence-corrected chi connectivity index (χ3v) is 1.50. The van der Waals surface area contributed by atoms with Crippen molar-refractivity contribution in [3.63, 3.8) is 0 Å². The van der Waals surface area contributed by atoms with Gasteiger partial charge in [0, 0.05) is 24.9 Å². The van der Waals surface area contributed by atoms with Gasteiger partial charge in [0.25, 0.3) is 0 Å². The molecule has 0 aliphatic rings. The third-order valence-electron chi connectivity index (χ3n) is 1.50. The van der Waals surface area contributed by atoms with Crippen LogP contribution in [0.2, 0.25) is 0 Å². The van der Waals surface area contributed by atoms with E-state index in [0.29, 0.717) is 31.6 Å². The first-order chi connectivity index (χ1) is 7.62. The predicted octanol–water partition coefficient (Wildman–Crippen LogP) is -0.874. The molecular formula is C10H25N5O. The maximum Gasteiger partial charge on any atom is 0.120 e. The summed E-state index contributed by atoms with van der Waals surface area (Å²) in [5.41, 5.74) is 11.5. The highest BCUT2D eigenvalue weighted by Gasteiger charge is 1.94. The van der Waals surface area contributed by atoms with E-state index in [1.807, 2.05) is 14.1 Å². The topological polar surface area (TPSA) is 110 Å². The Morgan fingerprint density at radius 1 is 1.44 bits per heavy atom. The van der Waals surface area contributed by atoms with Crippen LogP contribution in [-0.4, -0.2) is 38.5 Å². The first-order valence-electron chi connectivity index (χ1n) is 5.32. The van der Waals surface area contributed by atoms with E-state index >= 15 is 0 Å². The highest BCUT2D eigenvalue weighted by Crippen LogP contribution is 1.96. The minimum Gasteiger partial charge on any atom is -0.401 e. The molecule has 0 spiro atoms. The van der Waals surface area contributed by atoms with Crippen LogP contribution in [0.4, 0.5) is 0 Å². The van der Waals surface area contributed by atoms with Crippen LogP contribution in [0.1, 0.15) is 19.3 Å². The van der Waals surface area contributed by atoms with Crippen molar-refractivity contribution in [3.8, 4) is 0 Å². The Morgan fingerprint density at radius 3 is 2.44 bits per heavy atom. The molecule has 0 aliphatic carbocycles. The number of nitrogens with zero attached hydrogens (tertiary/aromatic N) is 1. The van der Waals surface area contributed by atoms with Gasteiger partial charge in [-0.25, -0.2) is 5.84 Å². The molecule has 6 nitrogen and oxygen atoms in total. The summed E-state index contributed by atoms with van der Waals surface area (Å²) >= 11 is 0. The minimum absolute atomic E-state index is 0.438. The Bertz CT molecular complexity index is 184. The molecule has 0 aromatic heterocycles. The van der Waals surface area contributed by atoms with E-state index in [1.165, 1.54) is 5.01 Å². The molecule has 0 aromatic rings. The molecular weight excluding hydrogens is 206 g/mol. The van der Waals surface area contributed by atoms with E-state index in [0.717, 1.165) is 12.7 Å². The van der Waals surface area contributed by atoms with Crippen molar-refractivity contribution in [1.82, 2.24) is 10.3 Å². The molecule has 0 heterocycles. The molecule has 0 amide bonds. The Kier molecular flexibility index (Phi) is 15.0. The minimum atomic E-state index is 0.438. The number of aldehydes is 1. The highest BCUT2D eigenvalue weighted by atomic mass is 16.1. The Morgan fingerprint density at radius 2 is 2.00 bits per heavy atom. The zero-order valence-corrected chi connectivity index (χ0v) is 10.3. The van der Waals surface area contributed by atoms with Gasteiger partial charge < -0.3 is 26.6 Å². The summed E-state index contributed by atoms with van der Waals surface area (Å²) < 4.78 is 0. The standard InChI is InChI=1S/C8H18N4O.C2H7N/c9-4-2-5-12(11)7-8(10)3-1-6-13;1-3-2/h6-7H,1-5,9-11H2;3H,1-2H3/b8-7-;. The van der Waals surface area contributed by atoms with Crippen LogP contribution in [0.15, 0.2) is 11.9 Å². The maximum absolute atomic E-state index is 10.0. The first-order valence-corrected chi connectivity index (χ1v) is 5.32. The van der Waals surface area contributed by atoms with Crippen molar-refractivity contribution in [3.05, 3.63) is 11.9 Å². The van der Waals surface area contributed by atoms with Crippen molar-refractivity contribution in [2.24, 2.45) is 17.3 Å². The van der Waals surface area contributed by atoms with Crippen molar-refractivity contribution in [2.45, 2.75) is 19.3 Å². The van der Waals surface area contributed by atoms with Crippen molar-refractivity contribution < 1.29 is 4.79 Å². The van der Waals surface area contributed by atoms with Crippen LogP contribution in [0.3, 0.4) is 0 Å². The van der Waals surface area contributed by atoms with E-state index in [4.69, 9.17) is 17.3 Å². The van der Waals surface area contributed by atoms with Crippen LogP contribution in [-0.2, 0) is 4.79 Å². The van der Waals surface area contributed by atoms with Gasteiger partial charge in [-0.3, -0.25) is 0 Å². The van der Waals surface area contributed by atoms with Gasteiger partial charge in [0.15, 0.2) is 0 Å². The van der Waals surface area contributed by atoms with E-state index in [2.05, 4.69) is 5.32 Å². The smallest absolute Gasteiger partial charge is 0.120 e. The average Bonchev–Trinajstić information content (AvgIpc) is 2.24. The largest absolute Gasteiger partial charge is 0.401 e. The van der Waals surface area contributed by atoms with Gasteiger partial charge in [-0.05, 0) is 33.5 Å². The number of nitrogens with one attached hydrogen (secondary N) is 1. The predicted molar refractivity (Wildman–Crippen MR) is 67.1 cm³/mol. The number of hydrogen-bond donors (Lipinski definition) is 4. The van der Waals surface area contributed by atoms with Crippen LogP contribution < -0.4 is 22.6 Å². The fourth-order valence-corrected chi connectivity index (χ4v) is 0.842. The summed E-state index contributed by atoms with van der Waals surface area (Å²) in [6.45, 7) is 1.29. The molecule has 0 rings (SSSR count). The van der Waals surface area contributed by atoms with Crippen LogP contribution in [0.25, 0.3) is 0 Å². The fraction of sp³-hybridized carbons (Fsp3) is 0.700. The molecule has 0 radical (unpaired) electrons. The van der Waals surface area contributed by atoms with E-state index < -0.39 is 0 Å². The van der Waals surface area contributed by atoms with Crippen molar-refractivity contribution >= 4 is 6.29 Å². The molecule has 16 heavy (non-hydrogen) atoms. The van der Waals surface area contributed by atoms with E-state index in [-0.39, 0.29) is 0 Å². The van der Waals surface area contributed by atoms with Crippen molar-refractivity contribution in [2.75, 3.05) is 27.2 Å². The lowest BCUT2D eigenvalue weighted by molar-refractivity contribution is -0.107. The second-order valence-corrected chi connectivity index (χ2v) is 3.29. The van der Waals surface area contributed by atoms with Gasteiger partial charge in [0.2, 0.25) is 0 Å². The van der Waals surface area contributed by atoms with Crippen molar-refractivity contribution in [1.29, 1.82) is 0 Å². The van der Waals surface area contributed by atoms with Gasteiger partial charge in [-0.1, -0.05) is 0 Å². The fourth-order valence-electron chi connectivity index (χ4n) is 0.842. The second kappa shape index (κ2) is 13.9. The average molecular weight is 231 g/mol. The lowest BCUT2D eigenvalue weighted by atomic mass is 10.3. The number of nitrogens with two attached hydrogens (primary N) is 3. The Balaban J connectivity index is 0. The summed E-state index contributed by atoms with van der Waals surface area (Å²) in [6.07, 6.45) is 4.29. The summed E-state index contributed by atoms with van der Waals surface area (Å²) in [6, 6.07) is 0. The molecule has 0 saturated carbocycles. The normalized spacial score (nSPS) is 10.4. The monoisotopic (exact) mass is 231 g/mol. The summed E-state index contributed by atoms with van der Waals surface area (Å²) in [5.74, 6) is 5.57. The SMILES string of the molecule is CNC.NCCCN(N)/C=C(\N)CCC=O. The Labute approximate surface area is 97.8 Å². The number of allylic oxidation sites excluding steroid dienone is 1. The molecule has 6 heteroatoms. The molecule has 0 bridgehead atoms. The van der Waals surface area contributed by atoms with Crippen LogP contribution in [0.5, 0.6) is 0 Å². The first kappa shape index (κ1) is 17.3. The van der Waals surface area contributed by atoms with Gasteiger partial charge in [0.1, 0.15) is 6.29 Å². The van der Waals surface area contributed by atoms with E-state index in [1.54, 1.807) is 6.20 Å². The molecule has 0 unspecified atom stereocenters. The lowest BCUT2D eigenvalue weighted by Crippen LogP contribution is -2.28. The number of carbonyl (C=O) groups is 1. The molecule has 0 aromatic carbocycles. The lowest BCUT2D eigenvalue weighted by Gasteiger charge is -2.13. The zero-order chi connectivity index (χ0) is 12.8. The van der Waals surface area contributed by atoms with Gasteiger partial charge in [-0.15, -0.1) is 0 Å². The molecule has 0 fully saturated rings. The quantitative estimate of drug-likeness (QED) is 0.257. The maximum atomic E-state index is 10.0. The zero-order valence-electron chi connectivity index (χ0n) is 10.3. The number of carbonyl (C=O) groups excluding carboxylic acids is 1. The molecule has 0 aliphatic heterocycles. The highest BCUT2D eigenvalue weighted by molar-refractivity contribution is 5.49. The van der Waals surface area contributed by atoms with Gasteiger partial charge >= 0.3 is 0 Å². The summed E-state index contributed by atoms with van der Waals surface area (Å²) in [5, 5.41) is 4.24. The molecule has 0 atom stereocenters. The van der Waals surface area contributed by atoms with Gasteiger partial charge in [-0.2, -0.15) is 0 Å².